The summed E-state index contributed by atoms with van der Waals surface area (Å²) in [6, 6.07) is 6.53. The number of nitrogens with one attached hydrogen (secondary N) is 1. The van der Waals surface area contributed by atoms with Gasteiger partial charge < -0.3 is 14.4 Å². The van der Waals surface area contributed by atoms with Gasteiger partial charge >= 0.3 is 5.97 Å². The predicted molar refractivity (Wildman–Crippen MR) is 119 cm³/mol. The van der Waals surface area contributed by atoms with Crippen LogP contribution in [0.2, 0.25) is 5.02 Å². The number of sulfonamides is 1. The van der Waals surface area contributed by atoms with E-state index in [1.165, 1.54) is 19.2 Å². The molecule has 3 rings (SSSR count). The molecule has 0 spiro atoms. The highest BCUT2D eigenvalue weighted by Crippen LogP contribution is 2.31. The number of anilines is 1. The highest BCUT2D eigenvalue weighted by molar-refractivity contribution is 7.89. The Morgan fingerprint density at radius 3 is 2.65 bits per heavy atom. The Labute approximate surface area is 200 Å². The molecule has 1 aromatic heterocycles. The quantitative estimate of drug-likeness (QED) is 0.528. The van der Waals surface area contributed by atoms with Crippen LogP contribution >= 0.6 is 11.6 Å². The number of carbonyl (C=O) groups is 2. The summed E-state index contributed by atoms with van der Waals surface area (Å²) >= 11 is 5.87. The minimum absolute atomic E-state index is 0.00925. The molecular weight excluding hydrogens is 491 g/mol. The minimum Gasteiger partial charge on any atom is -0.480 e. The van der Waals surface area contributed by atoms with Crippen LogP contribution in [-0.4, -0.2) is 52.1 Å². The van der Waals surface area contributed by atoms with Crippen molar-refractivity contribution in [3.8, 4) is 11.9 Å². The van der Waals surface area contributed by atoms with Crippen LogP contribution in [0.25, 0.3) is 0 Å². The van der Waals surface area contributed by atoms with E-state index in [2.05, 4.69) is 4.98 Å². The van der Waals surface area contributed by atoms with Gasteiger partial charge in [0.25, 0.3) is 0 Å². The van der Waals surface area contributed by atoms with E-state index in [4.69, 9.17) is 21.1 Å². The first-order valence-corrected chi connectivity index (χ1v) is 12.0. The molecule has 2 aromatic rings. The second kappa shape index (κ2) is 10.2. The summed E-state index contributed by atoms with van der Waals surface area (Å²) in [4.78, 5) is 30.4. The Morgan fingerprint density at radius 1 is 1.35 bits per heavy atom. The van der Waals surface area contributed by atoms with E-state index in [1.54, 1.807) is 11.8 Å². The molecule has 10 nitrogen and oxygen atoms in total. The fourth-order valence-corrected chi connectivity index (χ4v) is 4.77. The summed E-state index contributed by atoms with van der Waals surface area (Å²) in [5.74, 6) is -3.17. The van der Waals surface area contributed by atoms with Crippen LogP contribution < -0.4 is 14.4 Å². The number of methoxy groups -OCH3 is 1. The smallest absolute Gasteiger partial charge is 0.343 e. The largest absolute Gasteiger partial charge is 0.480 e. The van der Waals surface area contributed by atoms with Gasteiger partial charge in [0.2, 0.25) is 21.8 Å². The maximum Gasteiger partial charge on any atom is 0.343 e. The van der Waals surface area contributed by atoms with Crippen LogP contribution in [0.4, 0.5) is 10.2 Å². The Bertz CT molecular complexity index is 1270. The van der Waals surface area contributed by atoms with Crippen molar-refractivity contribution in [3.05, 3.63) is 51.8 Å². The van der Waals surface area contributed by atoms with Crippen molar-refractivity contribution >= 4 is 39.3 Å². The number of benzene rings is 1. The van der Waals surface area contributed by atoms with E-state index in [-0.39, 0.29) is 53.1 Å². The topological polar surface area (TPSA) is 139 Å². The highest BCUT2D eigenvalue weighted by atomic mass is 35.5. The maximum absolute atomic E-state index is 13.2. The maximum atomic E-state index is 13.2. The first-order valence-electron chi connectivity index (χ1n) is 9.98. The molecule has 180 valence electrons. The van der Waals surface area contributed by atoms with Crippen LogP contribution in [0.1, 0.15) is 28.4 Å². The molecule has 1 aromatic carbocycles. The molecule has 13 heteroatoms. The summed E-state index contributed by atoms with van der Waals surface area (Å²) in [5.41, 5.74) is 0.210. The third kappa shape index (κ3) is 5.55. The average Bonchev–Trinajstić information content (AvgIpc) is 2.74. The molecule has 0 atom stereocenters. The van der Waals surface area contributed by atoms with E-state index in [1.807, 2.05) is 10.8 Å². The van der Waals surface area contributed by atoms with Gasteiger partial charge in [-0.2, -0.15) is 10.2 Å². The predicted octanol–water partition coefficient (Wildman–Crippen LogP) is 2.01. The van der Waals surface area contributed by atoms with E-state index in [0.717, 1.165) is 12.1 Å². The Morgan fingerprint density at radius 2 is 2.06 bits per heavy atom. The number of carbonyl (C=O) groups excluding carboxylic acids is 2. The number of ether oxygens (including phenoxy) is 2. The molecule has 0 unspecified atom stereocenters. The van der Waals surface area contributed by atoms with Gasteiger partial charge in [0.05, 0.1) is 31.0 Å². The van der Waals surface area contributed by atoms with Gasteiger partial charge in [-0.1, -0.05) is 17.7 Å². The Balaban J connectivity index is 1.69. The van der Waals surface area contributed by atoms with Gasteiger partial charge in [0, 0.05) is 18.1 Å². The van der Waals surface area contributed by atoms with Gasteiger partial charge in [-0.05, 0) is 30.7 Å². The third-order valence-corrected chi connectivity index (χ3v) is 6.50. The van der Waals surface area contributed by atoms with E-state index >= 15 is 0 Å². The minimum atomic E-state index is -4.08. The van der Waals surface area contributed by atoms with Crippen molar-refractivity contribution in [2.45, 2.75) is 12.7 Å². The zero-order valence-electron chi connectivity index (χ0n) is 18.2. The van der Waals surface area contributed by atoms with E-state index in [0.29, 0.717) is 0 Å². The van der Waals surface area contributed by atoms with Crippen molar-refractivity contribution < 1.29 is 31.9 Å². The molecule has 34 heavy (non-hydrogen) atoms. The van der Waals surface area contributed by atoms with Crippen LogP contribution in [-0.2, 0) is 25.3 Å². The molecule has 1 N–H and O–H groups in total. The van der Waals surface area contributed by atoms with Crippen molar-refractivity contribution in [1.82, 2.24) is 9.71 Å². The normalized spacial score (nSPS) is 13.6. The van der Waals surface area contributed by atoms with E-state index < -0.39 is 39.4 Å². The first-order chi connectivity index (χ1) is 16.1. The number of halogens is 2. The molecular formula is C21H20ClFN4O6S. The van der Waals surface area contributed by atoms with Gasteiger partial charge in [0.1, 0.15) is 17.4 Å². The summed E-state index contributed by atoms with van der Waals surface area (Å²) < 4.78 is 50.0. The van der Waals surface area contributed by atoms with Crippen molar-refractivity contribution in [2.75, 3.05) is 31.7 Å². The van der Waals surface area contributed by atoms with Crippen LogP contribution in [0.3, 0.4) is 0 Å². The number of rotatable bonds is 8. The molecule has 0 bridgehead atoms. The number of hydrogen-bond donors (Lipinski definition) is 1. The average molecular weight is 511 g/mol. The number of nitriles is 1. The summed E-state index contributed by atoms with van der Waals surface area (Å²) in [6.07, 6.45) is 0. The van der Waals surface area contributed by atoms with Crippen molar-refractivity contribution in [2.24, 2.45) is 5.92 Å². The van der Waals surface area contributed by atoms with Crippen LogP contribution in [0.15, 0.2) is 24.3 Å². The number of esters is 1. The molecule has 1 amide bonds. The monoisotopic (exact) mass is 510 g/mol. The lowest BCUT2D eigenvalue weighted by Gasteiger charge is -2.39. The second-order valence-corrected chi connectivity index (χ2v) is 9.44. The Kier molecular flexibility index (Phi) is 7.58. The lowest BCUT2D eigenvalue weighted by molar-refractivity contribution is -0.123. The number of amides is 1. The fourth-order valence-electron chi connectivity index (χ4n) is 3.25. The SMILES string of the molecule is CCOC(=O)c1cc(C#N)c(N2CC(C(=O)NS(=O)(=O)Cc3ccc(F)cc3Cl)C2)nc1OC. The Hall–Kier alpha value is -3.43. The third-order valence-electron chi connectivity index (χ3n) is 4.95. The van der Waals surface area contributed by atoms with Gasteiger partial charge in [-0.25, -0.2) is 17.6 Å². The molecule has 2 heterocycles. The molecule has 1 aliphatic heterocycles. The summed E-state index contributed by atoms with van der Waals surface area (Å²) in [6.45, 7) is 1.94. The molecule has 0 aliphatic carbocycles. The lowest BCUT2D eigenvalue weighted by Crippen LogP contribution is -2.55. The summed E-state index contributed by atoms with van der Waals surface area (Å²) in [5, 5.41) is 9.43. The van der Waals surface area contributed by atoms with E-state index in [9.17, 15) is 27.7 Å². The molecule has 0 radical (unpaired) electrons. The number of aromatic nitrogens is 1. The molecule has 1 saturated heterocycles. The van der Waals surface area contributed by atoms with Gasteiger partial charge in [-0.15, -0.1) is 0 Å². The second-order valence-electron chi connectivity index (χ2n) is 7.31. The van der Waals surface area contributed by atoms with Gasteiger partial charge in [0.15, 0.2) is 5.82 Å². The zero-order chi connectivity index (χ0) is 25.0. The van der Waals surface area contributed by atoms with Crippen molar-refractivity contribution in [3.63, 3.8) is 0 Å². The number of nitrogens with zero attached hydrogens (tertiary/aromatic N) is 3. The zero-order valence-corrected chi connectivity index (χ0v) is 19.7. The first kappa shape index (κ1) is 25.2. The van der Waals surface area contributed by atoms with Crippen LogP contribution in [0, 0.1) is 23.1 Å². The standard InChI is InChI=1S/C21H20ClFN4O6S/c1-3-33-21(29)16-6-13(8-24)18(25-20(16)32-2)27-9-14(10-27)19(28)26-34(30,31)11-12-4-5-15(23)7-17(12)22/h4-7,14H,3,9-11H2,1-2H3,(H,26,28). The van der Waals surface area contributed by atoms with Crippen molar-refractivity contribution in [1.29, 1.82) is 5.26 Å². The summed E-state index contributed by atoms with van der Waals surface area (Å²) in [7, 11) is -2.77. The van der Waals surface area contributed by atoms with Crippen LogP contribution in [0.5, 0.6) is 5.88 Å². The molecule has 0 saturated carbocycles. The fraction of sp³-hybridized carbons (Fsp3) is 0.333. The number of hydrogen-bond acceptors (Lipinski definition) is 9. The highest BCUT2D eigenvalue weighted by Gasteiger charge is 2.37. The molecule has 1 aliphatic rings. The molecule has 1 fully saturated rings. The lowest BCUT2D eigenvalue weighted by atomic mass is 9.98. The number of pyridine rings is 1. The van der Waals surface area contributed by atoms with Gasteiger partial charge in [-0.3, -0.25) is 9.52 Å².